The van der Waals surface area contributed by atoms with Crippen molar-refractivity contribution in [3.05, 3.63) is 59.7 Å². The Morgan fingerprint density at radius 2 is 1.77 bits per heavy atom. The van der Waals surface area contributed by atoms with E-state index in [0.29, 0.717) is 11.8 Å². The van der Waals surface area contributed by atoms with E-state index in [0.717, 1.165) is 28.4 Å². The molecule has 0 bridgehead atoms. The SMILES string of the molecule is Cc1ccc(NC(=O)C(=O)NN=Cc2ccc(OC3CSC3)cc2)cc1. The molecule has 0 radical (unpaired) electrons. The molecule has 2 aromatic rings. The average Bonchev–Trinajstić information content (AvgIpc) is 2.61. The van der Waals surface area contributed by atoms with Crippen LogP contribution in [0.15, 0.2) is 53.6 Å². The zero-order valence-electron chi connectivity index (χ0n) is 14.3. The molecule has 1 saturated heterocycles. The average molecular weight is 369 g/mol. The highest BCUT2D eigenvalue weighted by atomic mass is 32.2. The molecule has 26 heavy (non-hydrogen) atoms. The second-order valence-corrected chi connectivity index (χ2v) is 6.94. The van der Waals surface area contributed by atoms with Gasteiger partial charge in [0.05, 0.1) is 6.21 Å². The predicted molar refractivity (Wildman–Crippen MR) is 104 cm³/mol. The summed E-state index contributed by atoms with van der Waals surface area (Å²) in [5.41, 5.74) is 4.63. The molecule has 0 unspecified atom stereocenters. The second kappa shape index (κ2) is 8.53. The van der Waals surface area contributed by atoms with Gasteiger partial charge in [-0.2, -0.15) is 16.9 Å². The fourth-order valence-corrected chi connectivity index (χ4v) is 2.71. The summed E-state index contributed by atoms with van der Waals surface area (Å²) in [5.74, 6) is 1.27. The van der Waals surface area contributed by atoms with Crippen molar-refractivity contribution in [1.29, 1.82) is 0 Å². The van der Waals surface area contributed by atoms with Gasteiger partial charge in [0.2, 0.25) is 0 Å². The Morgan fingerprint density at radius 1 is 1.08 bits per heavy atom. The number of thioether (sulfide) groups is 1. The van der Waals surface area contributed by atoms with E-state index in [9.17, 15) is 9.59 Å². The van der Waals surface area contributed by atoms with Gasteiger partial charge in [-0.1, -0.05) is 17.7 Å². The Hall–Kier alpha value is -2.80. The van der Waals surface area contributed by atoms with Gasteiger partial charge in [0, 0.05) is 17.2 Å². The lowest BCUT2D eigenvalue weighted by atomic mass is 10.2. The second-order valence-electron chi connectivity index (χ2n) is 5.87. The number of hydrogen-bond acceptors (Lipinski definition) is 5. The van der Waals surface area contributed by atoms with E-state index in [2.05, 4.69) is 15.8 Å². The first kappa shape index (κ1) is 18.0. The van der Waals surface area contributed by atoms with Crippen LogP contribution in [0.25, 0.3) is 0 Å². The Balaban J connectivity index is 1.46. The molecule has 1 fully saturated rings. The first-order valence-electron chi connectivity index (χ1n) is 8.16. The lowest BCUT2D eigenvalue weighted by Gasteiger charge is -2.25. The number of carbonyl (C=O) groups excluding carboxylic acids is 2. The number of ether oxygens (including phenoxy) is 1. The molecule has 2 N–H and O–H groups in total. The molecule has 2 aromatic carbocycles. The summed E-state index contributed by atoms with van der Waals surface area (Å²) in [7, 11) is 0. The molecule has 0 aromatic heterocycles. The summed E-state index contributed by atoms with van der Waals surface area (Å²) in [4.78, 5) is 23.6. The van der Waals surface area contributed by atoms with Crippen LogP contribution in [0.1, 0.15) is 11.1 Å². The number of benzene rings is 2. The smallest absolute Gasteiger partial charge is 0.329 e. The van der Waals surface area contributed by atoms with E-state index in [1.54, 1.807) is 12.1 Å². The molecule has 7 heteroatoms. The number of rotatable bonds is 5. The van der Waals surface area contributed by atoms with Gasteiger partial charge in [0.15, 0.2) is 0 Å². The topological polar surface area (TPSA) is 79.8 Å². The molecule has 0 saturated carbocycles. The van der Waals surface area contributed by atoms with Crippen molar-refractivity contribution < 1.29 is 14.3 Å². The standard InChI is InChI=1S/C19H19N3O3S/c1-13-2-6-15(7-3-13)21-18(23)19(24)22-20-10-14-4-8-16(9-5-14)25-17-11-26-12-17/h2-10,17H,11-12H2,1H3,(H,21,23)(H,22,24). The van der Waals surface area contributed by atoms with E-state index in [1.165, 1.54) is 6.21 Å². The third-order valence-corrected chi connectivity index (χ3v) is 4.90. The number of anilines is 1. The van der Waals surface area contributed by atoms with Crippen LogP contribution in [0.4, 0.5) is 5.69 Å². The third-order valence-electron chi connectivity index (χ3n) is 3.69. The number of amides is 2. The molecular formula is C19H19N3O3S. The number of aryl methyl sites for hydroxylation is 1. The maximum Gasteiger partial charge on any atom is 0.329 e. The number of hydrogen-bond donors (Lipinski definition) is 2. The normalized spacial score (nSPS) is 13.9. The van der Waals surface area contributed by atoms with Crippen LogP contribution in [-0.2, 0) is 9.59 Å². The van der Waals surface area contributed by atoms with Crippen molar-refractivity contribution in [2.45, 2.75) is 13.0 Å². The summed E-state index contributed by atoms with van der Waals surface area (Å²) < 4.78 is 5.76. The first-order valence-corrected chi connectivity index (χ1v) is 9.31. The van der Waals surface area contributed by atoms with Gasteiger partial charge in [-0.3, -0.25) is 9.59 Å². The van der Waals surface area contributed by atoms with E-state index in [1.807, 2.05) is 55.1 Å². The fourth-order valence-electron chi connectivity index (χ4n) is 2.15. The Bertz CT molecular complexity index is 800. The predicted octanol–water partition coefficient (Wildman–Crippen LogP) is 2.58. The minimum Gasteiger partial charge on any atom is -0.489 e. The number of nitrogens with zero attached hydrogens (tertiary/aromatic N) is 1. The first-order chi connectivity index (χ1) is 12.6. The zero-order chi connectivity index (χ0) is 18.4. The van der Waals surface area contributed by atoms with Crippen LogP contribution in [0, 0.1) is 6.92 Å². The summed E-state index contributed by atoms with van der Waals surface area (Å²) in [6.07, 6.45) is 1.77. The third kappa shape index (κ3) is 5.10. The Morgan fingerprint density at radius 3 is 2.38 bits per heavy atom. The molecule has 0 atom stereocenters. The van der Waals surface area contributed by atoms with Gasteiger partial charge in [-0.25, -0.2) is 5.43 Å². The molecule has 1 heterocycles. The molecule has 0 spiro atoms. The summed E-state index contributed by atoms with van der Waals surface area (Å²) in [5, 5.41) is 6.32. The molecule has 134 valence electrons. The van der Waals surface area contributed by atoms with E-state index in [-0.39, 0.29) is 0 Å². The van der Waals surface area contributed by atoms with Gasteiger partial charge in [0.25, 0.3) is 0 Å². The van der Waals surface area contributed by atoms with Crippen LogP contribution in [0.5, 0.6) is 5.75 Å². The molecule has 2 amide bonds. The van der Waals surface area contributed by atoms with Crippen LogP contribution in [-0.4, -0.2) is 35.6 Å². The van der Waals surface area contributed by atoms with Crippen molar-refractivity contribution in [3.8, 4) is 5.75 Å². The highest BCUT2D eigenvalue weighted by molar-refractivity contribution is 8.00. The van der Waals surface area contributed by atoms with Crippen molar-refractivity contribution in [2.75, 3.05) is 16.8 Å². The van der Waals surface area contributed by atoms with Crippen molar-refractivity contribution in [1.82, 2.24) is 5.43 Å². The van der Waals surface area contributed by atoms with E-state index >= 15 is 0 Å². The summed E-state index contributed by atoms with van der Waals surface area (Å²) >= 11 is 1.87. The largest absolute Gasteiger partial charge is 0.489 e. The lowest BCUT2D eigenvalue weighted by Crippen LogP contribution is -2.32. The van der Waals surface area contributed by atoms with Gasteiger partial charge >= 0.3 is 11.8 Å². The molecule has 1 aliphatic rings. The van der Waals surface area contributed by atoms with Crippen LogP contribution in [0.2, 0.25) is 0 Å². The lowest BCUT2D eigenvalue weighted by molar-refractivity contribution is -0.136. The van der Waals surface area contributed by atoms with Crippen LogP contribution < -0.4 is 15.5 Å². The fraction of sp³-hybridized carbons (Fsp3) is 0.211. The molecular weight excluding hydrogens is 350 g/mol. The van der Waals surface area contributed by atoms with Crippen LogP contribution >= 0.6 is 11.8 Å². The highest BCUT2D eigenvalue weighted by Gasteiger charge is 2.19. The Kier molecular flexibility index (Phi) is 5.91. The van der Waals surface area contributed by atoms with E-state index in [4.69, 9.17) is 4.74 Å². The minimum atomic E-state index is -0.829. The van der Waals surface area contributed by atoms with Crippen molar-refractivity contribution in [3.63, 3.8) is 0 Å². The molecule has 0 aliphatic carbocycles. The quantitative estimate of drug-likeness (QED) is 0.482. The maximum atomic E-state index is 11.8. The summed E-state index contributed by atoms with van der Waals surface area (Å²) in [6, 6.07) is 14.6. The molecule has 6 nitrogen and oxygen atoms in total. The van der Waals surface area contributed by atoms with Crippen molar-refractivity contribution in [2.24, 2.45) is 5.10 Å². The maximum absolute atomic E-state index is 11.8. The summed E-state index contributed by atoms with van der Waals surface area (Å²) in [6.45, 7) is 1.94. The van der Waals surface area contributed by atoms with Gasteiger partial charge in [-0.15, -0.1) is 0 Å². The van der Waals surface area contributed by atoms with Crippen LogP contribution in [0.3, 0.4) is 0 Å². The highest BCUT2D eigenvalue weighted by Crippen LogP contribution is 2.23. The van der Waals surface area contributed by atoms with Gasteiger partial charge in [0.1, 0.15) is 11.9 Å². The van der Waals surface area contributed by atoms with Crippen molar-refractivity contribution >= 4 is 35.5 Å². The monoisotopic (exact) mass is 369 g/mol. The number of carbonyl (C=O) groups is 2. The Labute approximate surface area is 156 Å². The number of hydrazone groups is 1. The zero-order valence-corrected chi connectivity index (χ0v) is 15.1. The van der Waals surface area contributed by atoms with E-state index < -0.39 is 11.8 Å². The van der Waals surface area contributed by atoms with Gasteiger partial charge in [-0.05, 0) is 48.9 Å². The molecule has 1 aliphatic heterocycles. The minimum absolute atomic E-state index is 0.297. The van der Waals surface area contributed by atoms with Gasteiger partial charge < -0.3 is 10.1 Å². The number of nitrogens with one attached hydrogen (secondary N) is 2. The molecule has 3 rings (SSSR count).